The maximum atomic E-state index is 9.87. The number of anilines is 1. The van der Waals surface area contributed by atoms with E-state index in [0.717, 1.165) is 11.1 Å². The molecule has 0 radical (unpaired) electrons. The molecule has 0 amide bonds. The zero-order valence-corrected chi connectivity index (χ0v) is 9.04. The van der Waals surface area contributed by atoms with Crippen LogP contribution in [0.3, 0.4) is 0 Å². The van der Waals surface area contributed by atoms with E-state index in [0.29, 0.717) is 11.2 Å². The number of phenolic OH excluding ortho intramolecular Hbond substituents is 1. The van der Waals surface area contributed by atoms with E-state index in [9.17, 15) is 5.11 Å². The van der Waals surface area contributed by atoms with Gasteiger partial charge >= 0.3 is 0 Å². The Kier molecular flexibility index (Phi) is 2.01. The van der Waals surface area contributed by atoms with Crippen molar-refractivity contribution in [3.05, 3.63) is 48.7 Å². The Labute approximate surface area is 97.9 Å². The fraction of sp³-hybridized carbons (Fsp3) is 0. The highest BCUT2D eigenvalue weighted by Gasteiger charge is 2.08. The molecule has 0 aliphatic rings. The lowest BCUT2D eigenvalue weighted by Gasteiger charge is -2.05. The van der Waals surface area contributed by atoms with Gasteiger partial charge in [0, 0.05) is 11.1 Å². The predicted molar refractivity (Wildman–Crippen MR) is 67.1 cm³/mol. The second kappa shape index (κ2) is 3.52. The van der Waals surface area contributed by atoms with Crippen LogP contribution < -0.4 is 5.73 Å². The summed E-state index contributed by atoms with van der Waals surface area (Å²) in [6.07, 6.45) is 1.73. The lowest BCUT2D eigenvalue weighted by atomic mass is 10.2. The van der Waals surface area contributed by atoms with E-state index in [4.69, 9.17) is 5.73 Å². The first-order chi connectivity index (χ1) is 8.25. The highest BCUT2D eigenvalue weighted by atomic mass is 16.3. The smallest absolute Gasteiger partial charge is 0.141 e. The van der Waals surface area contributed by atoms with Crippen molar-refractivity contribution in [1.29, 1.82) is 0 Å². The van der Waals surface area contributed by atoms with E-state index in [-0.39, 0.29) is 5.75 Å². The van der Waals surface area contributed by atoms with Gasteiger partial charge in [-0.15, -0.1) is 0 Å². The number of fused-ring (bicyclic) bond motifs is 1. The van der Waals surface area contributed by atoms with Crippen LogP contribution in [0.4, 0.5) is 5.69 Å². The number of nitrogens with zero attached hydrogens (tertiary/aromatic N) is 2. The third-order valence-corrected chi connectivity index (χ3v) is 2.71. The van der Waals surface area contributed by atoms with Gasteiger partial charge in [-0.05, 0) is 30.3 Å². The van der Waals surface area contributed by atoms with Crippen molar-refractivity contribution in [3.8, 4) is 11.4 Å². The molecule has 1 aromatic heterocycles. The summed E-state index contributed by atoms with van der Waals surface area (Å²) in [5.74, 6) is 0.219. The topological polar surface area (TPSA) is 64.1 Å². The highest BCUT2D eigenvalue weighted by molar-refractivity contribution is 5.85. The average Bonchev–Trinajstić information content (AvgIpc) is 2.75. The number of nitrogen functional groups attached to an aromatic ring is 1. The molecule has 0 fully saturated rings. The van der Waals surface area contributed by atoms with Gasteiger partial charge in [0.25, 0.3) is 0 Å². The van der Waals surface area contributed by atoms with Crippen LogP contribution in [-0.2, 0) is 0 Å². The third-order valence-electron chi connectivity index (χ3n) is 2.71. The zero-order valence-electron chi connectivity index (χ0n) is 9.04. The molecule has 0 aliphatic heterocycles. The number of hydrogen-bond donors (Lipinski definition) is 2. The van der Waals surface area contributed by atoms with Gasteiger partial charge in [-0.3, -0.25) is 0 Å². The number of aromatic hydroxyl groups is 1. The summed E-state index contributed by atoms with van der Waals surface area (Å²) in [6.45, 7) is 0. The van der Waals surface area contributed by atoms with Crippen LogP contribution in [0.25, 0.3) is 16.6 Å². The summed E-state index contributed by atoms with van der Waals surface area (Å²) in [6, 6.07) is 12.7. The number of phenols is 1. The molecule has 0 spiro atoms. The molecule has 17 heavy (non-hydrogen) atoms. The molecule has 3 N–H and O–H groups in total. The molecular weight excluding hydrogens is 214 g/mol. The minimum absolute atomic E-state index is 0.219. The van der Waals surface area contributed by atoms with Gasteiger partial charge in [0.15, 0.2) is 0 Å². The van der Waals surface area contributed by atoms with E-state index in [1.54, 1.807) is 23.0 Å². The molecular formula is C13H11N3O. The minimum atomic E-state index is 0.219. The van der Waals surface area contributed by atoms with Gasteiger partial charge in [0.2, 0.25) is 0 Å². The van der Waals surface area contributed by atoms with E-state index >= 15 is 0 Å². The molecule has 4 heteroatoms. The van der Waals surface area contributed by atoms with Crippen LogP contribution in [-0.4, -0.2) is 14.9 Å². The first-order valence-corrected chi connectivity index (χ1v) is 5.27. The summed E-state index contributed by atoms with van der Waals surface area (Å²) in [5.41, 5.74) is 7.92. The molecule has 3 aromatic rings. The van der Waals surface area contributed by atoms with Crippen molar-refractivity contribution in [3.63, 3.8) is 0 Å². The second-order valence-electron chi connectivity index (χ2n) is 3.86. The molecule has 0 bridgehead atoms. The van der Waals surface area contributed by atoms with Gasteiger partial charge in [-0.2, -0.15) is 5.10 Å². The SMILES string of the molecule is Nc1ccc(-n2ncc3cccc(O)c32)cc1. The molecule has 0 atom stereocenters. The van der Waals surface area contributed by atoms with Gasteiger partial charge in [-0.25, -0.2) is 4.68 Å². The molecule has 3 rings (SSSR count). The van der Waals surface area contributed by atoms with Crippen LogP contribution in [0, 0.1) is 0 Å². The maximum absolute atomic E-state index is 9.87. The lowest BCUT2D eigenvalue weighted by Crippen LogP contribution is -1.96. The van der Waals surface area contributed by atoms with Crippen molar-refractivity contribution in [1.82, 2.24) is 9.78 Å². The van der Waals surface area contributed by atoms with E-state index in [2.05, 4.69) is 5.10 Å². The van der Waals surface area contributed by atoms with E-state index in [1.165, 1.54) is 0 Å². The van der Waals surface area contributed by atoms with Gasteiger partial charge in [-0.1, -0.05) is 12.1 Å². The summed E-state index contributed by atoms with van der Waals surface area (Å²) >= 11 is 0. The standard InChI is InChI=1S/C13H11N3O/c14-10-4-6-11(7-5-10)16-13-9(8-15-16)2-1-3-12(13)17/h1-8,17H,14H2. The van der Waals surface area contributed by atoms with Crippen molar-refractivity contribution in [2.24, 2.45) is 0 Å². The van der Waals surface area contributed by atoms with Crippen LogP contribution in [0.1, 0.15) is 0 Å². The quantitative estimate of drug-likeness (QED) is 0.624. The largest absolute Gasteiger partial charge is 0.506 e. The Bertz CT molecular complexity index is 671. The van der Waals surface area contributed by atoms with E-state index in [1.807, 2.05) is 30.3 Å². The molecule has 0 unspecified atom stereocenters. The van der Waals surface area contributed by atoms with Crippen LogP contribution in [0.15, 0.2) is 48.7 Å². The number of para-hydroxylation sites is 1. The zero-order chi connectivity index (χ0) is 11.8. The third kappa shape index (κ3) is 1.50. The molecule has 84 valence electrons. The van der Waals surface area contributed by atoms with Crippen molar-refractivity contribution < 1.29 is 5.11 Å². The molecule has 0 aliphatic carbocycles. The van der Waals surface area contributed by atoms with E-state index < -0.39 is 0 Å². The minimum Gasteiger partial charge on any atom is -0.506 e. The Morgan fingerprint density at radius 2 is 1.82 bits per heavy atom. The molecule has 0 saturated heterocycles. The average molecular weight is 225 g/mol. The van der Waals surface area contributed by atoms with Crippen molar-refractivity contribution in [2.75, 3.05) is 5.73 Å². The predicted octanol–water partition coefficient (Wildman–Crippen LogP) is 2.31. The Morgan fingerprint density at radius 1 is 1.06 bits per heavy atom. The molecule has 4 nitrogen and oxygen atoms in total. The maximum Gasteiger partial charge on any atom is 0.141 e. The number of aromatic nitrogens is 2. The summed E-state index contributed by atoms with van der Waals surface area (Å²) < 4.78 is 1.70. The number of nitrogens with two attached hydrogens (primary N) is 1. The lowest BCUT2D eigenvalue weighted by molar-refractivity contribution is 0.479. The second-order valence-corrected chi connectivity index (χ2v) is 3.86. The molecule has 1 heterocycles. The van der Waals surface area contributed by atoms with Gasteiger partial charge < -0.3 is 10.8 Å². The Balaban J connectivity index is 2.27. The fourth-order valence-electron chi connectivity index (χ4n) is 1.87. The van der Waals surface area contributed by atoms with Gasteiger partial charge in [0.05, 0.1) is 11.9 Å². The van der Waals surface area contributed by atoms with Gasteiger partial charge in [0.1, 0.15) is 11.3 Å². The first-order valence-electron chi connectivity index (χ1n) is 5.27. The van der Waals surface area contributed by atoms with Crippen molar-refractivity contribution >= 4 is 16.6 Å². The number of benzene rings is 2. The highest BCUT2D eigenvalue weighted by Crippen LogP contribution is 2.26. The number of hydrogen-bond acceptors (Lipinski definition) is 3. The summed E-state index contributed by atoms with van der Waals surface area (Å²) in [5, 5.41) is 15.0. The summed E-state index contributed by atoms with van der Waals surface area (Å²) in [7, 11) is 0. The fourth-order valence-corrected chi connectivity index (χ4v) is 1.87. The molecule has 0 saturated carbocycles. The van der Waals surface area contributed by atoms with Crippen molar-refractivity contribution in [2.45, 2.75) is 0 Å². The van der Waals surface area contributed by atoms with Crippen LogP contribution in [0.2, 0.25) is 0 Å². The summed E-state index contributed by atoms with van der Waals surface area (Å²) in [4.78, 5) is 0. The Morgan fingerprint density at radius 3 is 2.59 bits per heavy atom. The normalized spacial score (nSPS) is 10.8. The van der Waals surface area contributed by atoms with Crippen LogP contribution in [0.5, 0.6) is 5.75 Å². The molecule has 2 aromatic carbocycles. The Hall–Kier alpha value is -2.49. The van der Waals surface area contributed by atoms with Crippen LogP contribution >= 0.6 is 0 Å². The number of rotatable bonds is 1. The first kappa shape index (κ1) is 9.72. The monoisotopic (exact) mass is 225 g/mol.